The maximum absolute atomic E-state index is 12.3. The smallest absolute Gasteiger partial charge is 0.236 e. The Morgan fingerprint density at radius 2 is 2.07 bits per heavy atom. The standard InChI is InChI=1S/C18H17ClN6OS2/c1-2-9-25-15(11-5-7-13(19)8-6-11)21-24-18(25)27-10-14(26)20-17-23-22-16(28-17)12-3-4-12/h2,5-8,12H,1,3-4,9-10H2,(H,20,23,26). The molecule has 0 unspecified atom stereocenters. The first-order valence-corrected chi connectivity index (χ1v) is 10.9. The van der Waals surface area contributed by atoms with Crippen LogP contribution in [0.5, 0.6) is 0 Å². The molecule has 0 saturated heterocycles. The van der Waals surface area contributed by atoms with Crippen LogP contribution in [0.25, 0.3) is 11.4 Å². The second kappa shape index (κ2) is 8.42. The van der Waals surface area contributed by atoms with E-state index in [2.05, 4.69) is 32.3 Å². The second-order valence-corrected chi connectivity index (χ2v) is 8.66. The van der Waals surface area contributed by atoms with Crippen LogP contribution in [-0.4, -0.2) is 36.6 Å². The number of carbonyl (C=O) groups excluding carboxylic acids is 1. The van der Waals surface area contributed by atoms with E-state index in [0.29, 0.717) is 33.6 Å². The van der Waals surface area contributed by atoms with E-state index >= 15 is 0 Å². The lowest BCUT2D eigenvalue weighted by molar-refractivity contribution is -0.113. The van der Waals surface area contributed by atoms with Crippen molar-refractivity contribution in [3.63, 3.8) is 0 Å². The molecule has 7 nitrogen and oxygen atoms in total. The first-order chi connectivity index (χ1) is 13.6. The van der Waals surface area contributed by atoms with Crippen molar-refractivity contribution in [2.45, 2.75) is 30.5 Å². The fourth-order valence-corrected chi connectivity index (χ4v) is 4.37. The van der Waals surface area contributed by atoms with Crippen LogP contribution in [0.4, 0.5) is 5.13 Å². The third-order valence-corrected chi connectivity index (χ3v) is 6.30. The first kappa shape index (κ1) is 19.1. The zero-order chi connectivity index (χ0) is 19.5. The van der Waals surface area contributed by atoms with Crippen molar-refractivity contribution in [2.75, 3.05) is 11.1 Å². The van der Waals surface area contributed by atoms with E-state index in [4.69, 9.17) is 11.6 Å². The fraction of sp³-hybridized carbons (Fsp3) is 0.278. The number of anilines is 1. The lowest BCUT2D eigenvalue weighted by Crippen LogP contribution is -2.14. The van der Waals surface area contributed by atoms with Crippen molar-refractivity contribution in [3.8, 4) is 11.4 Å². The molecule has 1 amide bonds. The number of thioether (sulfide) groups is 1. The van der Waals surface area contributed by atoms with Gasteiger partial charge in [-0.1, -0.05) is 40.8 Å². The molecule has 1 fully saturated rings. The van der Waals surface area contributed by atoms with Crippen LogP contribution in [0.3, 0.4) is 0 Å². The molecule has 4 rings (SSSR count). The van der Waals surface area contributed by atoms with Crippen molar-refractivity contribution in [1.82, 2.24) is 25.0 Å². The zero-order valence-electron chi connectivity index (χ0n) is 14.8. The summed E-state index contributed by atoms with van der Waals surface area (Å²) in [6.45, 7) is 4.34. The largest absolute Gasteiger partial charge is 0.300 e. The van der Waals surface area contributed by atoms with E-state index in [1.54, 1.807) is 6.08 Å². The monoisotopic (exact) mass is 432 g/mol. The molecule has 1 N–H and O–H groups in total. The van der Waals surface area contributed by atoms with Crippen molar-refractivity contribution < 1.29 is 4.79 Å². The van der Waals surface area contributed by atoms with E-state index in [1.165, 1.54) is 23.1 Å². The Morgan fingerprint density at radius 1 is 1.29 bits per heavy atom. The summed E-state index contributed by atoms with van der Waals surface area (Å²) in [4.78, 5) is 12.3. The number of nitrogens with one attached hydrogen (secondary N) is 1. The van der Waals surface area contributed by atoms with Crippen molar-refractivity contribution in [1.29, 1.82) is 0 Å². The highest BCUT2D eigenvalue weighted by Gasteiger charge is 2.27. The molecular weight excluding hydrogens is 416 g/mol. The van der Waals surface area contributed by atoms with Crippen molar-refractivity contribution in [3.05, 3.63) is 47.0 Å². The molecular formula is C18H17ClN6OS2. The first-order valence-electron chi connectivity index (χ1n) is 8.70. The Hall–Kier alpha value is -2.23. The summed E-state index contributed by atoms with van der Waals surface area (Å²) in [5.74, 6) is 1.29. The summed E-state index contributed by atoms with van der Waals surface area (Å²) >= 11 is 8.73. The van der Waals surface area contributed by atoms with E-state index in [1.807, 2.05) is 28.8 Å². The summed E-state index contributed by atoms with van der Waals surface area (Å²) in [5, 5.41) is 22.3. The minimum absolute atomic E-state index is 0.148. The molecule has 0 bridgehead atoms. The molecule has 3 aromatic rings. The molecule has 1 aromatic carbocycles. The highest BCUT2D eigenvalue weighted by molar-refractivity contribution is 7.99. The number of hydrogen-bond acceptors (Lipinski definition) is 7. The van der Waals surface area contributed by atoms with Gasteiger partial charge in [-0.3, -0.25) is 14.7 Å². The van der Waals surface area contributed by atoms with Gasteiger partial charge in [-0.25, -0.2) is 0 Å². The maximum Gasteiger partial charge on any atom is 0.236 e. The van der Waals surface area contributed by atoms with E-state index in [-0.39, 0.29) is 11.7 Å². The summed E-state index contributed by atoms with van der Waals surface area (Å²) in [6.07, 6.45) is 4.09. The number of halogens is 1. The number of aromatic nitrogens is 5. The zero-order valence-corrected chi connectivity index (χ0v) is 17.2. The Labute approximate surface area is 175 Å². The molecule has 144 valence electrons. The molecule has 0 radical (unpaired) electrons. The lowest BCUT2D eigenvalue weighted by Gasteiger charge is -2.07. The number of nitrogens with zero attached hydrogens (tertiary/aromatic N) is 5. The van der Waals surface area contributed by atoms with Gasteiger partial charge >= 0.3 is 0 Å². The molecule has 28 heavy (non-hydrogen) atoms. The van der Waals surface area contributed by atoms with Crippen LogP contribution < -0.4 is 5.32 Å². The molecule has 0 spiro atoms. The van der Waals surface area contributed by atoms with Gasteiger partial charge in [0.2, 0.25) is 11.0 Å². The van der Waals surface area contributed by atoms with E-state index in [9.17, 15) is 4.79 Å². The molecule has 1 aliphatic carbocycles. The number of allylic oxidation sites excluding steroid dienone is 1. The van der Waals surface area contributed by atoms with Crippen LogP contribution in [0.1, 0.15) is 23.8 Å². The number of hydrogen-bond donors (Lipinski definition) is 1. The summed E-state index contributed by atoms with van der Waals surface area (Å²) in [5.41, 5.74) is 0.900. The molecule has 1 aliphatic rings. The van der Waals surface area contributed by atoms with Gasteiger partial charge in [-0.2, -0.15) is 0 Å². The van der Waals surface area contributed by atoms with Crippen LogP contribution in [-0.2, 0) is 11.3 Å². The van der Waals surface area contributed by atoms with Gasteiger partial charge in [-0.15, -0.1) is 27.0 Å². The maximum atomic E-state index is 12.3. The van der Waals surface area contributed by atoms with Crippen LogP contribution in [0, 0.1) is 0 Å². The Bertz CT molecular complexity index is 996. The normalized spacial score (nSPS) is 13.5. The van der Waals surface area contributed by atoms with Gasteiger partial charge in [0.1, 0.15) is 5.01 Å². The minimum Gasteiger partial charge on any atom is -0.300 e. The van der Waals surface area contributed by atoms with Gasteiger partial charge in [-0.05, 0) is 37.1 Å². The lowest BCUT2D eigenvalue weighted by atomic mass is 10.2. The molecule has 10 heteroatoms. The quantitative estimate of drug-likeness (QED) is 0.423. The average Bonchev–Trinajstić information content (AvgIpc) is 3.31. The highest BCUT2D eigenvalue weighted by Crippen LogP contribution is 2.42. The summed E-state index contributed by atoms with van der Waals surface area (Å²) < 4.78 is 1.92. The molecule has 0 atom stereocenters. The minimum atomic E-state index is -0.148. The number of amides is 1. The summed E-state index contributed by atoms with van der Waals surface area (Å²) in [7, 11) is 0. The molecule has 0 aliphatic heterocycles. The van der Waals surface area contributed by atoms with Gasteiger partial charge in [0.25, 0.3) is 0 Å². The van der Waals surface area contributed by atoms with Crippen LogP contribution in [0.2, 0.25) is 5.02 Å². The number of carbonyl (C=O) groups is 1. The summed E-state index contributed by atoms with van der Waals surface area (Å²) in [6, 6.07) is 7.39. The number of rotatable bonds is 8. The molecule has 2 aromatic heterocycles. The van der Waals surface area contributed by atoms with Gasteiger partial charge in [0.05, 0.1) is 5.75 Å². The fourth-order valence-electron chi connectivity index (χ4n) is 2.57. The van der Waals surface area contributed by atoms with Gasteiger partial charge in [0.15, 0.2) is 11.0 Å². The van der Waals surface area contributed by atoms with E-state index in [0.717, 1.165) is 23.4 Å². The van der Waals surface area contributed by atoms with E-state index < -0.39 is 0 Å². The Morgan fingerprint density at radius 3 is 2.79 bits per heavy atom. The van der Waals surface area contributed by atoms with Gasteiger partial charge < -0.3 is 0 Å². The number of benzene rings is 1. The van der Waals surface area contributed by atoms with Crippen molar-refractivity contribution in [2.24, 2.45) is 0 Å². The highest BCUT2D eigenvalue weighted by atomic mass is 35.5. The second-order valence-electron chi connectivity index (χ2n) is 6.27. The predicted molar refractivity (Wildman–Crippen MR) is 112 cm³/mol. The SMILES string of the molecule is C=CCn1c(SCC(=O)Nc2nnc(C3CC3)s2)nnc1-c1ccc(Cl)cc1. The molecule has 2 heterocycles. The van der Waals surface area contributed by atoms with Gasteiger partial charge in [0, 0.05) is 23.0 Å². The van der Waals surface area contributed by atoms with Crippen LogP contribution in [0.15, 0.2) is 42.1 Å². The predicted octanol–water partition coefficient (Wildman–Crippen LogP) is 4.24. The topological polar surface area (TPSA) is 85.6 Å². The Balaban J connectivity index is 1.42. The van der Waals surface area contributed by atoms with Crippen LogP contribution >= 0.6 is 34.7 Å². The molecule has 1 saturated carbocycles. The third-order valence-electron chi connectivity index (χ3n) is 4.08. The average molecular weight is 433 g/mol. The van der Waals surface area contributed by atoms with Crippen molar-refractivity contribution >= 4 is 45.7 Å². The Kier molecular flexibility index (Phi) is 5.74. The third kappa shape index (κ3) is 4.43.